The van der Waals surface area contributed by atoms with Gasteiger partial charge >= 0.3 is 17.9 Å². The molecular weight excluding hydrogens is 805 g/mol. The predicted octanol–water partition coefficient (Wildman–Crippen LogP) is 18.0. The monoisotopic (exact) mass is 905 g/mol. The van der Waals surface area contributed by atoms with Gasteiger partial charge in [0.2, 0.25) is 0 Å². The standard InChI is InChI=1S/C59H100O6/c1-4-7-10-13-16-19-22-25-28-29-32-34-37-40-43-46-49-52-58(61)64-55-56(65-59(62)53-50-47-44-41-38-35-31-27-24-21-18-15-12-9-6-3)54-63-57(60)51-48-45-42-39-36-33-30-26-23-20-17-14-11-8-5-2/h9,12,16,18-19,21,25-28,30-31,38,41,56H,4-8,10-11,13-15,17,20,22-24,29,32-37,39-40,42-55H2,1-3H3/b12-9-,19-16-,21-18-,28-25-,30-26-,31-27-,41-38-/t56-/m0/s1. The fourth-order valence-electron chi connectivity index (χ4n) is 7.28. The Kier molecular flexibility index (Phi) is 50.4. The minimum atomic E-state index is -0.805. The maximum Gasteiger partial charge on any atom is 0.306 e. The second kappa shape index (κ2) is 53.2. The fraction of sp³-hybridized carbons (Fsp3) is 0.712. The molecule has 0 saturated carbocycles. The lowest BCUT2D eigenvalue weighted by molar-refractivity contribution is -0.167. The summed E-state index contributed by atoms with van der Waals surface area (Å²) in [6.07, 6.45) is 68.5. The molecular formula is C59H100O6. The highest BCUT2D eigenvalue weighted by Gasteiger charge is 2.19. The van der Waals surface area contributed by atoms with Gasteiger partial charge in [0.15, 0.2) is 6.10 Å². The van der Waals surface area contributed by atoms with Gasteiger partial charge < -0.3 is 14.2 Å². The lowest BCUT2D eigenvalue weighted by Crippen LogP contribution is -2.30. The van der Waals surface area contributed by atoms with Gasteiger partial charge in [-0.25, -0.2) is 0 Å². The fourth-order valence-corrected chi connectivity index (χ4v) is 7.28. The summed E-state index contributed by atoms with van der Waals surface area (Å²) in [5.41, 5.74) is 0. The Labute approximate surface area is 401 Å². The Hall–Kier alpha value is -3.41. The van der Waals surface area contributed by atoms with Crippen molar-refractivity contribution in [3.63, 3.8) is 0 Å². The van der Waals surface area contributed by atoms with Crippen LogP contribution < -0.4 is 0 Å². The third kappa shape index (κ3) is 51.4. The maximum absolute atomic E-state index is 12.8. The third-order valence-corrected chi connectivity index (χ3v) is 11.4. The van der Waals surface area contributed by atoms with Gasteiger partial charge in [0.25, 0.3) is 0 Å². The number of carbonyl (C=O) groups excluding carboxylic acids is 3. The zero-order valence-electron chi connectivity index (χ0n) is 42.5. The summed E-state index contributed by atoms with van der Waals surface area (Å²) >= 11 is 0. The molecule has 0 rings (SSSR count). The molecule has 6 nitrogen and oxygen atoms in total. The van der Waals surface area contributed by atoms with Crippen LogP contribution in [0.2, 0.25) is 0 Å². The number of carbonyl (C=O) groups is 3. The zero-order valence-corrected chi connectivity index (χ0v) is 42.5. The molecule has 0 radical (unpaired) electrons. The van der Waals surface area contributed by atoms with Crippen LogP contribution in [0.25, 0.3) is 0 Å². The molecule has 0 saturated heterocycles. The summed E-state index contributed by atoms with van der Waals surface area (Å²) in [7, 11) is 0. The van der Waals surface area contributed by atoms with E-state index in [0.717, 1.165) is 96.3 Å². The number of unbranched alkanes of at least 4 members (excludes halogenated alkanes) is 23. The van der Waals surface area contributed by atoms with E-state index in [1.165, 1.54) is 109 Å². The van der Waals surface area contributed by atoms with Crippen molar-refractivity contribution in [2.45, 2.75) is 258 Å². The van der Waals surface area contributed by atoms with Crippen LogP contribution in [0.4, 0.5) is 0 Å². The first-order valence-corrected chi connectivity index (χ1v) is 27.1. The molecule has 0 bridgehead atoms. The number of allylic oxidation sites excluding steroid dienone is 14. The van der Waals surface area contributed by atoms with Crippen LogP contribution in [0, 0.1) is 0 Å². The summed E-state index contributed by atoms with van der Waals surface area (Å²) in [6, 6.07) is 0. The molecule has 0 amide bonds. The van der Waals surface area contributed by atoms with Gasteiger partial charge in [0.05, 0.1) is 0 Å². The second-order valence-electron chi connectivity index (χ2n) is 17.7. The van der Waals surface area contributed by atoms with Crippen LogP contribution in [-0.2, 0) is 28.6 Å². The molecule has 372 valence electrons. The number of hydrogen-bond donors (Lipinski definition) is 0. The van der Waals surface area contributed by atoms with Crippen LogP contribution in [0.15, 0.2) is 85.1 Å². The van der Waals surface area contributed by atoms with E-state index in [-0.39, 0.29) is 37.5 Å². The zero-order chi connectivity index (χ0) is 47.2. The van der Waals surface area contributed by atoms with Gasteiger partial charge in [-0.2, -0.15) is 0 Å². The molecule has 1 atom stereocenters. The van der Waals surface area contributed by atoms with E-state index in [2.05, 4.69) is 106 Å². The lowest BCUT2D eigenvalue weighted by Gasteiger charge is -2.18. The number of rotatable bonds is 48. The Morgan fingerprint density at radius 1 is 0.323 bits per heavy atom. The highest BCUT2D eigenvalue weighted by atomic mass is 16.6. The summed E-state index contributed by atoms with van der Waals surface area (Å²) in [4.78, 5) is 38.0. The largest absolute Gasteiger partial charge is 0.462 e. The van der Waals surface area contributed by atoms with E-state index in [4.69, 9.17) is 14.2 Å². The van der Waals surface area contributed by atoms with E-state index >= 15 is 0 Å². The molecule has 0 heterocycles. The third-order valence-electron chi connectivity index (χ3n) is 11.4. The second-order valence-corrected chi connectivity index (χ2v) is 17.7. The van der Waals surface area contributed by atoms with Gasteiger partial charge in [-0.15, -0.1) is 0 Å². The summed E-state index contributed by atoms with van der Waals surface area (Å²) < 4.78 is 16.8. The first-order chi connectivity index (χ1) is 32.0. The topological polar surface area (TPSA) is 78.9 Å². The first-order valence-electron chi connectivity index (χ1n) is 27.1. The van der Waals surface area contributed by atoms with E-state index in [1.807, 2.05) is 0 Å². The molecule has 0 aromatic heterocycles. The van der Waals surface area contributed by atoms with Crippen molar-refractivity contribution in [1.29, 1.82) is 0 Å². The Morgan fingerprint density at radius 2 is 0.600 bits per heavy atom. The molecule has 0 fully saturated rings. The molecule has 0 aliphatic heterocycles. The summed E-state index contributed by atoms with van der Waals surface area (Å²) in [5, 5.41) is 0. The molecule has 0 N–H and O–H groups in total. The molecule has 0 aromatic rings. The Bertz CT molecular complexity index is 1270. The van der Waals surface area contributed by atoms with Crippen molar-refractivity contribution in [3.05, 3.63) is 85.1 Å². The Balaban J connectivity index is 4.47. The maximum atomic E-state index is 12.8. The lowest BCUT2D eigenvalue weighted by atomic mass is 10.1. The first kappa shape index (κ1) is 61.6. The normalized spacial score (nSPS) is 12.7. The van der Waals surface area contributed by atoms with Crippen molar-refractivity contribution < 1.29 is 28.6 Å². The van der Waals surface area contributed by atoms with Crippen LogP contribution in [0.1, 0.15) is 252 Å². The molecule has 0 aliphatic rings. The molecule has 6 heteroatoms. The highest BCUT2D eigenvalue weighted by molar-refractivity contribution is 5.71. The van der Waals surface area contributed by atoms with E-state index in [0.29, 0.717) is 19.3 Å². The average molecular weight is 905 g/mol. The van der Waals surface area contributed by atoms with E-state index in [9.17, 15) is 14.4 Å². The molecule has 0 aromatic carbocycles. The minimum Gasteiger partial charge on any atom is -0.462 e. The summed E-state index contributed by atoms with van der Waals surface area (Å²) in [5.74, 6) is -0.956. The highest BCUT2D eigenvalue weighted by Crippen LogP contribution is 2.14. The van der Waals surface area contributed by atoms with Crippen molar-refractivity contribution in [1.82, 2.24) is 0 Å². The van der Waals surface area contributed by atoms with Crippen molar-refractivity contribution in [2.24, 2.45) is 0 Å². The van der Waals surface area contributed by atoms with Crippen LogP contribution in [0.3, 0.4) is 0 Å². The van der Waals surface area contributed by atoms with Gasteiger partial charge in [-0.1, -0.05) is 202 Å². The van der Waals surface area contributed by atoms with E-state index in [1.54, 1.807) is 0 Å². The van der Waals surface area contributed by atoms with E-state index < -0.39 is 6.10 Å². The number of hydrogen-bond acceptors (Lipinski definition) is 6. The van der Waals surface area contributed by atoms with Crippen molar-refractivity contribution in [3.8, 4) is 0 Å². The molecule has 0 unspecified atom stereocenters. The summed E-state index contributed by atoms with van der Waals surface area (Å²) in [6.45, 7) is 6.45. The van der Waals surface area contributed by atoms with Gasteiger partial charge in [0.1, 0.15) is 13.2 Å². The van der Waals surface area contributed by atoms with Gasteiger partial charge in [0, 0.05) is 19.3 Å². The van der Waals surface area contributed by atoms with Crippen molar-refractivity contribution >= 4 is 17.9 Å². The van der Waals surface area contributed by atoms with Crippen LogP contribution in [-0.4, -0.2) is 37.2 Å². The van der Waals surface area contributed by atoms with Crippen LogP contribution in [0.5, 0.6) is 0 Å². The van der Waals surface area contributed by atoms with Crippen molar-refractivity contribution in [2.75, 3.05) is 13.2 Å². The average Bonchev–Trinajstić information content (AvgIpc) is 3.30. The predicted molar refractivity (Wildman–Crippen MR) is 279 cm³/mol. The molecule has 0 aliphatic carbocycles. The van der Waals surface area contributed by atoms with Crippen LogP contribution >= 0.6 is 0 Å². The minimum absolute atomic E-state index is 0.100. The van der Waals surface area contributed by atoms with Gasteiger partial charge in [-0.3, -0.25) is 14.4 Å². The molecule has 65 heavy (non-hydrogen) atoms. The SMILES string of the molecule is CC/C=C\C/C=C\C/C=C\C/C=C\CCCCC(=O)O[C@@H](COC(=O)CCCCCCC/C=C\CCCCCCCC)COC(=O)CCCCCCCCC/C=C\C/C=C\CCCCC. The Morgan fingerprint density at radius 3 is 1.02 bits per heavy atom. The quantitative estimate of drug-likeness (QED) is 0.0262. The smallest absolute Gasteiger partial charge is 0.306 e. The number of ether oxygens (including phenoxy) is 3. The molecule has 0 spiro atoms. The number of esters is 3. The van der Waals surface area contributed by atoms with Gasteiger partial charge in [-0.05, 0) is 116 Å².